The summed E-state index contributed by atoms with van der Waals surface area (Å²) in [6, 6.07) is 11.3. The van der Waals surface area contributed by atoms with Gasteiger partial charge in [0.05, 0.1) is 6.04 Å². The second kappa shape index (κ2) is 9.27. The van der Waals surface area contributed by atoms with Gasteiger partial charge in [0.2, 0.25) is 5.95 Å². The molecule has 1 unspecified atom stereocenters. The molecule has 8 heteroatoms. The summed E-state index contributed by atoms with van der Waals surface area (Å²) in [6.07, 6.45) is 3.80. The Labute approximate surface area is 164 Å². The van der Waals surface area contributed by atoms with Gasteiger partial charge >= 0.3 is 0 Å². The van der Waals surface area contributed by atoms with E-state index in [2.05, 4.69) is 44.5 Å². The lowest BCUT2D eigenvalue weighted by molar-refractivity contribution is -0.108. The van der Waals surface area contributed by atoms with Crippen molar-refractivity contribution in [2.45, 2.75) is 25.3 Å². The van der Waals surface area contributed by atoms with Crippen LogP contribution in [0.5, 0.6) is 0 Å². The number of benzene rings is 1. The van der Waals surface area contributed by atoms with Gasteiger partial charge in [-0.25, -0.2) is 4.98 Å². The smallest absolute Gasteiger partial charge is 0.267 e. The van der Waals surface area contributed by atoms with Gasteiger partial charge in [-0.3, -0.25) is 4.79 Å². The third-order valence-electron chi connectivity index (χ3n) is 4.98. The summed E-state index contributed by atoms with van der Waals surface area (Å²) in [5, 5.41) is 2.92. The van der Waals surface area contributed by atoms with Gasteiger partial charge in [0.1, 0.15) is 17.8 Å². The van der Waals surface area contributed by atoms with Crippen LogP contribution in [-0.2, 0) is 11.2 Å². The Morgan fingerprint density at radius 3 is 2.57 bits per heavy atom. The summed E-state index contributed by atoms with van der Waals surface area (Å²) in [7, 11) is 0. The van der Waals surface area contributed by atoms with Crippen LogP contribution in [0.15, 0.2) is 36.4 Å². The number of carbonyl (C=O) groups excluding carboxylic acids is 2. The van der Waals surface area contributed by atoms with Gasteiger partial charge in [-0.15, -0.1) is 0 Å². The Hall–Kier alpha value is -3.00. The van der Waals surface area contributed by atoms with Crippen molar-refractivity contribution in [3.05, 3.63) is 47.7 Å². The minimum atomic E-state index is -0.638. The molecule has 28 heavy (non-hydrogen) atoms. The Kier molecular flexibility index (Phi) is 6.54. The minimum absolute atomic E-state index is 0.112. The Morgan fingerprint density at radius 2 is 1.96 bits per heavy atom. The van der Waals surface area contributed by atoms with Gasteiger partial charge in [-0.1, -0.05) is 30.3 Å². The van der Waals surface area contributed by atoms with Gasteiger partial charge in [-0.2, -0.15) is 4.98 Å². The predicted octanol–water partition coefficient (Wildman–Crippen LogP) is 0.973. The molecular formula is C20H26N6O2. The van der Waals surface area contributed by atoms with E-state index < -0.39 is 11.9 Å². The van der Waals surface area contributed by atoms with Gasteiger partial charge in [0.25, 0.3) is 5.91 Å². The van der Waals surface area contributed by atoms with Gasteiger partial charge in [0.15, 0.2) is 0 Å². The number of carbonyl (C=O) groups is 2. The second-order valence-corrected chi connectivity index (χ2v) is 7.05. The van der Waals surface area contributed by atoms with Crippen LogP contribution in [0.2, 0.25) is 0 Å². The van der Waals surface area contributed by atoms with Crippen molar-refractivity contribution >= 4 is 24.0 Å². The summed E-state index contributed by atoms with van der Waals surface area (Å²) >= 11 is 0. The van der Waals surface area contributed by atoms with Gasteiger partial charge in [0, 0.05) is 25.7 Å². The molecule has 2 heterocycles. The molecule has 1 aromatic carbocycles. The van der Waals surface area contributed by atoms with E-state index >= 15 is 0 Å². The molecule has 0 radical (unpaired) electrons. The number of aldehydes is 1. The average Bonchev–Trinajstić information content (AvgIpc) is 2.73. The second-order valence-electron chi connectivity index (χ2n) is 7.05. The zero-order valence-corrected chi connectivity index (χ0v) is 15.8. The van der Waals surface area contributed by atoms with E-state index in [9.17, 15) is 9.59 Å². The number of nitrogens with zero attached hydrogens (tertiary/aromatic N) is 3. The van der Waals surface area contributed by atoms with Crippen molar-refractivity contribution in [3.63, 3.8) is 0 Å². The largest absolute Gasteiger partial charge is 0.364 e. The molecule has 0 aliphatic carbocycles. The highest BCUT2D eigenvalue weighted by Gasteiger charge is 2.23. The molecule has 1 aliphatic rings. The number of primary amides is 1. The molecular weight excluding hydrogens is 356 g/mol. The highest BCUT2D eigenvalue weighted by atomic mass is 16.1. The molecule has 1 aromatic heterocycles. The first kappa shape index (κ1) is 19.8. The molecule has 1 saturated heterocycles. The normalized spacial score (nSPS) is 15.8. The zero-order chi connectivity index (χ0) is 19.9. The first-order chi connectivity index (χ1) is 13.6. The number of piperidine rings is 1. The third kappa shape index (κ3) is 5.04. The fourth-order valence-electron chi connectivity index (χ4n) is 3.40. The van der Waals surface area contributed by atoms with E-state index in [-0.39, 0.29) is 12.2 Å². The minimum Gasteiger partial charge on any atom is -0.364 e. The standard InChI is InChI=1S/C20H26N6O2/c21-12-16(13-27)23-18-11-17(19(22)28)24-20(25-18)26-8-6-15(7-9-26)10-14-4-2-1-3-5-14/h1-5,11,13,15-16H,6-10,12,21H2,(H2,22,28)(H,23,24,25). The van der Waals surface area contributed by atoms with Crippen LogP contribution >= 0.6 is 0 Å². The van der Waals surface area contributed by atoms with Crippen molar-refractivity contribution in [1.29, 1.82) is 0 Å². The van der Waals surface area contributed by atoms with E-state index in [1.807, 2.05) is 6.07 Å². The first-order valence-electron chi connectivity index (χ1n) is 9.48. The number of hydrogen-bond acceptors (Lipinski definition) is 7. The molecule has 5 N–H and O–H groups in total. The summed E-state index contributed by atoms with van der Waals surface area (Å²) in [6.45, 7) is 1.72. The van der Waals surface area contributed by atoms with E-state index in [0.717, 1.165) is 32.4 Å². The molecule has 0 bridgehead atoms. The highest BCUT2D eigenvalue weighted by molar-refractivity contribution is 5.92. The van der Waals surface area contributed by atoms with Gasteiger partial charge in [-0.05, 0) is 30.7 Å². The number of aromatic nitrogens is 2. The number of amides is 1. The Morgan fingerprint density at radius 1 is 1.25 bits per heavy atom. The van der Waals surface area contributed by atoms with Crippen molar-refractivity contribution in [2.75, 3.05) is 29.9 Å². The van der Waals surface area contributed by atoms with Crippen LogP contribution in [0.1, 0.15) is 28.9 Å². The highest BCUT2D eigenvalue weighted by Crippen LogP contribution is 2.25. The number of rotatable bonds is 8. The molecule has 1 atom stereocenters. The number of nitrogens with two attached hydrogens (primary N) is 2. The monoisotopic (exact) mass is 382 g/mol. The quantitative estimate of drug-likeness (QED) is 0.581. The maximum atomic E-state index is 11.7. The van der Waals surface area contributed by atoms with Crippen LogP contribution in [-0.4, -0.2) is 47.8 Å². The molecule has 0 saturated carbocycles. The summed E-state index contributed by atoms with van der Waals surface area (Å²) < 4.78 is 0. The van der Waals surface area contributed by atoms with E-state index in [0.29, 0.717) is 24.0 Å². The van der Waals surface area contributed by atoms with Crippen LogP contribution in [0.25, 0.3) is 0 Å². The first-order valence-corrected chi connectivity index (χ1v) is 9.48. The van der Waals surface area contributed by atoms with Crippen molar-refractivity contribution in [2.24, 2.45) is 17.4 Å². The number of nitrogens with one attached hydrogen (secondary N) is 1. The van der Waals surface area contributed by atoms with Crippen molar-refractivity contribution in [1.82, 2.24) is 9.97 Å². The van der Waals surface area contributed by atoms with Crippen LogP contribution in [0.4, 0.5) is 11.8 Å². The predicted molar refractivity (Wildman–Crippen MR) is 108 cm³/mol. The van der Waals surface area contributed by atoms with E-state index in [4.69, 9.17) is 11.5 Å². The summed E-state index contributed by atoms with van der Waals surface area (Å²) in [4.78, 5) is 33.5. The lowest BCUT2D eigenvalue weighted by Gasteiger charge is -2.32. The van der Waals surface area contributed by atoms with Crippen LogP contribution in [0.3, 0.4) is 0 Å². The zero-order valence-electron chi connectivity index (χ0n) is 15.8. The molecule has 2 aromatic rings. The maximum absolute atomic E-state index is 11.7. The number of hydrogen-bond donors (Lipinski definition) is 3. The topological polar surface area (TPSA) is 127 Å². The Bertz CT molecular complexity index is 806. The molecule has 8 nitrogen and oxygen atoms in total. The number of anilines is 2. The maximum Gasteiger partial charge on any atom is 0.267 e. The van der Waals surface area contributed by atoms with Crippen LogP contribution in [0, 0.1) is 5.92 Å². The third-order valence-corrected chi connectivity index (χ3v) is 4.98. The molecule has 1 fully saturated rings. The van der Waals surface area contributed by atoms with Crippen molar-refractivity contribution in [3.8, 4) is 0 Å². The fraction of sp³-hybridized carbons (Fsp3) is 0.400. The molecule has 3 rings (SSSR count). The van der Waals surface area contributed by atoms with E-state index in [1.54, 1.807) is 0 Å². The summed E-state index contributed by atoms with van der Waals surface area (Å²) in [5.41, 5.74) is 12.4. The molecule has 1 amide bonds. The average molecular weight is 382 g/mol. The SMILES string of the molecule is NCC(C=O)Nc1cc(C(N)=O)nc(N2CCC(Cc3ccccc3)CC2)n1. The van der Waals surface area contributed by atoms with Gasteiger partial charge < -0.3 is 26.5 Å². The fourth-order valence-corrected chi connectivity index (χ4v) is 3.40. The lowest BCUT2D eigenvalue weighted by Crippen LogP contribution is -2.36. The van der Waals surface area contributed by atoms with Crippen LogP contribution < -0.4 is 21.7 Å². The lowest BCUT2D eigenvalue weighted by atomic mass is 9.90. The molecule has 148 valence electrons. The molecule has 0 spiro atoms. The van der Waals surface area contributed by atoms with E-state index in [1.165, 1.54) is 11.6 Å². The Balaban J connectivity index is 1.69. The molecule has 1 aliphatic heterocycles. The summed E-state index contributed by atoms with van der Waals surface area (Å²) in [5.74, 6) is 0.778. The van der Waals surface area contributed by atoms with Crippen molar-refractivity contribution < 1.29 is 9.59 Å².